The molecule has 1 aliphatic carbocycles. The second-order valence-corrected chi connectivity index (χ2v) is 6.76. The van der Waals surface area contributed by atoms with Crippen LogP contribution in [0.4, 0.5) is 0 Å². The van der Waals surface area contributed by atoms with Crippen LogP contribution in [0.2, 0.25) is 0 Å². The predicted molar refractivity (Wildman–Crippen MR) is 80.6 cm³/mol. The molecule has 2 bridgehead atoms. The quantitative estimate of drug-likeness (QED) is 0.792. The molecule has 1 aromatic carbocycles. The molecular weight excluding hydrogens is 264 g/mol. The Labute approximate surface area is 126 Å². The van der Waals surface area contributed by atoms with E-state index in [0.717, 1.165) is 25.7 Å². The number of carbonyl (C=O) groups is 1. The summed E-state index contributed by atoms with van der Waals surface area (Å²) in [6, 6.07) is 10.5. The molecule has 4 atom stereocenters. The maximum Gasteiger partial charge on any atom is 0.138 e. The molecular formula is C18H24O3. The van der Waals surface area contributed by atoms with Crippen molar-refractivity contribution in [3.63, 3.8) is 0 Å². The van der Waals surface area contributed by atoms with E-state index in [9.17, 15) is 4.79 Å². The monoisotopic (exact) mass is 288 g/mol. The largest absolute Gasteiger partial charge is 0.299 e. The highest BCUT2D eigenvalue weighted by Crippen LogP contribution is 2.44. The Balaban J connectivity index is 1.58. The molecule has 3 rings (SSSR count). The van der Waals surface area contributed by atoms with Crippen molar-refractivity contribution in [2.45, 2.75) is 57.7 Å². The fourth-order valence-corrected chi connectivity index (χ4v) is 3.57. The Morgan fingerprint density at radius 3 is 2.81 bits per heavy atom. The molecule has 3 nitrogen and oxygen atoms in total. The van der Waals surface area contributed by atoms with Gasteiger partial charge in [0, 0.05) is 18.3 Å². The maximum absolute atomic E-state index is 12.1. The van der Waals surface area contributed by atoms with E-state index in [4.69, 9.17) is 9.78 Å². The van der Waals surface area contributed by atoms with Crippen LogP contribution in [0.3, 0.4) is 0 Å². The van der Waals surface area contributed by atoms with Gasteiger partial charge in [0.2, 0.25) is 0 Å². The van der Waals surface area contributed by atoms with Gasteiger partial charge in [-0.2, -0.15) is 0 Å². The third-order valence-electron chi connectivity index (χ3n) is 5.24. The number of benzene rings is 1. The predicted octanol–water partition coefficient (Wildman–Crippen LogP) is 3.71. The van der Waals surface area contributed by atoms with E-state index in [1.165, 1.54) is 5.56 Å². The van der Waals surface area contributed by atoms with Gasteiger partial charge in [0.1, 0.15) is 17.5 Å². The van der Waals surface area contributed by atoms with Gasteiger partial charge in [0.05, 0.1) is 0 Å². The molecule has 1 saturated carbocycles. The third-order valence-corrected chi connectivity index (χ3v) is 5.24. The van der Waals surface area contributed by atoms with Gasteiger partial charge in [-0.1, -0.05) is 37.3 Å². The van der Waals surface area contributed by atoms with Gasteiger partial charge in [-0.3, -0.25) is 4.79 Å². The van der Waals surface area contributed by atoms with Crippen molar-refractivity contribution in [1.82, 2.24) is 0 Å². The van der Waals surface area contributed by atoms with E-state index < -0.39 is 0 Å². The lowest BCUT2D eigenvalue weighted by molar-refractivity contribution is -0.429. The van der Waals surface area contributed by atoms with E-state index in [1.54, 1.807) is 0 Å². The van der Waals surface area contributed by atoms with Crippen molar-refractivity contribution in [3.8, 4) is 0 Å². The molecule has 1 saturated heterocycles. The van der Waals surface area contributed by atoms with Gasteiger partial charge in [0.15, 0.2) is 0 Å². The molecule has 1 aromatic rings. The van der Waals surface area contributed by atoms with Crippen LogP contribution in [-0.4, -0.2) is 17.5 Å². The number of Topliss-reactive ketones (excluding diaryl/α,β-unsaturated/α-hetero) is 1. The SMILES string of the molecule is CC1C(=O)CC2CC1OOC2(C)CCCc1ccccc1. The van der Waals surface area contributed by atoms with Crippen LogP contribution < -0.4 is 0 Å². The lowest BCUT2D eigenvalue weighted by Crippen LogP contribution is -2.52. The average molecular weight is 288 g/mol. The third kappa shape index (κ3) is 3.04. The van der Waals surface area contributed by atoms with E-state index in [1.807, 2.05) is 13.0 Å². The fraction of sp³-hybridized carbons (Fsp3) is 0.611. The fourth-order valence-electron chi connectivity index (χ4n) is 3.57. The van der Waals surface area contributed by atoms with Crippen LogP contribution >= 0.6 is 0 Å². The molecule has 0 aromatic heterocycles. The zero-order valence-electron chi connectivity index (χ0n) is 12.9. The van der Waals surface area contributed by atoms with Crippen molar-refractivity contribution in [3.05, 3.63) is 35.9 Å². The minimum absolute atomic E-state index is 0.0184. The van der Waals surface area contributed by atoms with Crippen molar-refractivity contribution in [1.29, 1.82) is 0 Å². The van der Waals surface area contributed by atoms with Crippen LogP contribution in [0.15, 0.2) is 30.3 Å². The Morgan fingerprint density at radius 1 is 1.29 bits per heavy atom. The number of fused-ring (bicyclic) bond motifs is 2. The van der Waals surface area contributed by atoms with E-state index in [-0.39, 0.29) is 17.6 Å². The number of carbonyl (C=O) groups excluding carboxylic acids is 1. The average Bonchev–Trinajstić information content (AvgIpc) is 2.49. The summed E-state index contributed by atoms with van der Waals surface area (Å²) in [6.45, 7) is 4.05. The highest BCUT2D eigenvalue weighted by atomic mass is 17.2. The van der Waals surface area contributed by atoms with Crippen molar-refractivity contribution in [2.75, 3.05) is 0 Å². The number of rotatable bonds is 4. The first-order valence-electron chi connectivity index (χ1n) is 7.99. The van der Waals surface area contributed by atoms with Crippen LogP contribution in [0.5, 0.6) is 0 Å². The first-order valence-corrected chi connectivity index (χ1v) is 7.99. The van der Waals surface area contributed by atoms with E-state index in [2.05, 4.69) is 31.2 Å². The first kappa shape index (κ1) is 14.7. The topological polar surface area (TPSA) is 35.5 Å². The van der Waals surface area contributed by atoms with Crippen molar-refractivity contribution in [2.24, 2.45) is 11.8 Å². The summed E-state index contributed by atoms with van der Waals surface area (Å²) in [7, 11) is 0. The Bertz CT molecular complexity index is 498. The lowest BCUT2D eigenvalue weighted by atomic mass is 9.70. The highest BCUT2D eigenvalue weighted by molar-refractivity contribution is 5.82. The zero-order chi connectivity index (χ0) is 14.9. The minimum Gasteiger partial charge on any atom is -0.299 e. The first-order chi connectivity index (χ1) is 10.1. The summed E-state index contributed by atoms with van der Waals surface area (Å²) in [5, 5.41) is 0. The number of hydrogen-bond donors (Lipinski definition) is 0. The molecule has 114 valence electrons. The lowest BCUT2D eigenvalue weighted by Gasteiger charge is -2.47. The van der Waals surface area contributed by atoms with Gasteiger partial charge >= 0.3 is 0 Å². The van der Waals surface area contributed by atoms with Gasteiger partial charge in [-0.05, 0) is 38.2 Å². The molecule has 0 radical (unpaired) electrons. The maximum atomic E-state index is 12.1. The number of ketones is 1. The smallest absolute Gasteiger partial charge is 0.138 e. The van der Waals surface area contributed by atoms with Crippen LogP contribution in [0.25, 0.3) is 0 Å². The summed E-state index contributed by atoms with van der Waals surface area (Å²) < 4.78 is 0. The molecule has 1 heterocycles. The Hall–Kier alpha value is -1.19. The molecule has 3 heteroatoms. The summed E-state index contributed by atoms with van der Waals surface area (Å²) in [5.74, 6) is 0.611. The van der Waals surface area contributed by atoms with E-state index >= 15 is 0 Å². The molecule has 0 amide bonds. The highest BCUT2D eigenvalue weighted by Gasteiger charge is 2.49. The molecule has 0 N–H and O–H groups in total. The minimum atomic E-state index is -0.318. The molecule has 2 fully saturated rings. The number of aryl methyl sites for hydroxylation is 1. The van der Waals surface area contributed by atoms with Crippen molar-refractivity contribution >= 4 is 5.78 Å². The molecule has 0 spiro atoms. The molecule has 21 heavy (non-hydrogen) atoms. The van der Waals surface area contributed by atoms with Gasteiger partial charge in [0.25, 0.3) is 0 Å². The van der Waals surface area contributed by atoms with Crippen LogP contribution in [0, 0.1) is 11.8 Å². The summed E-state index contributed by atoms with van der Waals surface area (Å²) in [6.07, 6.45) is 4.58. The van der Waals surface area contributed by atoms with E-state index in [0.29, 0.717) is 18.1 Å². The number of hydrogen-bond acceptors (Lipinski definition) is 3. The second-order valence-electron chi connectivity index (χ2n) is 6.76. The van der Waals surface area contributed by atoms with Crippen LogP contribution in [0.1, 0.15) is 45.1 Å². The van der Waals surface area contributed by atoms with Gasteiger partial charge in [-0.25, -0.2) is 9.78 Å². The van der Waals surface area contributed by atoms with Gasteiger partial charge < -0.3 is 0 Å². The normalized spacial score (nSPS) is 35.7. The van der Waals surface area contributed by atoms with Crippen molar-refractivity contribution < 1.29 is 14.6 Å². The summed E-state index contributed by atoms with van der Waals surface area (Å²) in [4.78, 5) is 23.3. The molecule has 2 aliphatic rings. The Kier molecular flexibility index (Phi) is 4.14. The second kappa shape index (κ2) is 5.90. The van der Waals surface area contributed by atoms with Gasteiger partial charge in [-0.15, -0.1) is 0 Å². The summed E-state index contributed by atoms with van der Waals surface area (Å²) in [5.41, 5.74) is 1.03. The standard InChI is InChI=1S/C18H24O3/c1-13-16(19)11-15-12-17(13)20-21-18(15,2)10-6-9-14-7-4-3-5-8-14/h3-5,7-8,13,15,17H,6,9-12H2,1-2H3. The Morgan fingerprint density at radius 2 is 2.05 bits per heavy atom. The molecule has 1 aliphatic heterocycles. The molecule has 4 unspecified atom stereocenters. The zero-order valence-corrected chi connectivity index (χ0v) is 12.9. The van der Waals surface area contributed by atoms with Crippen LogP contribution in [-0.2, 0) is 21.0 Å². The summed E-state index contributed by atoms with van der Waals surface area (Å²) >= 11 is 0.